The van der Waals surface area contributed by atoms with Crippen molar-refractivity contribution >= 4 is 17.5 Å². The summed E-state index contributed by atoms with van der Waals surface area (Å²) in [5, 5.41) is 9.29. The molecule has 1 aromatic carbocycles. The Labute approximate surface area is 231 Å². The van der Waals surface area contributed by atoms with E-state index in [2.05, 4.69) is 93.7 Å². The monoisotopic (exact) mass is 528 g/mol. The van der Waals surface area contributed by atoms with Crippen LogP contribution in [0, 0.1) is 13.8 Å². The van der Waals surface area contributed by atoms with Crippen molar-refractivity contribution in [1.29, 1.82) is 0 Å². The van der Waals surface area contributed by atoms with Gasteiger partial charge >= 0.3 is 0 Å². The first-order valence-corrected chi connectivity index (χ1v) is 14.1. The number of anilines is 2. The lowest BCUT2D eigenvalue weighted by molar-refractivity contribution is 0.0589. The second-order valence-corrected chi connectivity index (χ2v) is 11.1. The van der Waals surface area contributed by atoms with Crippen LogP contribution in [0.4, 0.5) is 11.6 Å². The molecule has 1 unspecified atom stereocenters. The molecule has 0 radical (unpaired) electrons. The SMILES string of the molecule is Cc1c(Cc2ccccc2)nnc(N2CCN(c3cnc(C(=O)N4CCN(C(C)C)CC4)cn3)C(C)C2)c1C. The van der Waals surface area contributed by atoms with Crippen LogP contribution in [0.1, 0.15) is 53.6 Å². The van der Waals surface area contributed by atoms with Crippen LogP contribution in [0.5, 0.6) is 0 Å². The highest BCUT2D eigenvalue weighted by atomic mass is 16.2. The van der Waals surface area contributed by atoms with E-state index in [4.69, 9.17) is 0 Å². The van der Waals surface area contributed by atoms with Gasteiger partial charge in [0.1, 0.15) is 11.5 Å². The summed E-state index contributed by atoms with van der Waals surface area (Å²) >= 11 is 0. The van der Waals surface area contributed by atoms with Gasteiger partial charge in [0, 0.05) is 64.3 Å². The minimum atomic E-state index is -0.0320. The molecule has 0 saturated carbocycles. The number of nitrogens with zero attached hydrogens (tertiary/aromatic N) is 8. The Morgan fingerprint density at radius 3 is 2.31 bits per heavy atom. The van der Waals surface area contributed by atoms with Crippen LogP contribution in [0.15, 0.2) is 42.7 Å². The molecule has 9 heteroatoms. The molecule has 2 fully saturated rings. The summed E-state index contributed by atoms with van der Waals surface area (Å²) in [4.78, 5) is 31.0. The van der Waals surface area contributed by atoms with Crippen molar-refractivity contribution in [2.45, 2.75) is 53.1 Å². The number of amides is 1. The zero-order valence-electron chi connectivity index (χ0n) is 23.8. The highest BCUT2D eigenvalue weighted by Crippen LogP contribution is 2.26. The first kappa shape index (κ1) is 27.0. The van der Waals surface area contributed by atoms with Gasteiger partial charge in [-0.2, -0.15) is 5.10 Å². The highest BCUT2D eigenvalue weighted by molar-refractivity contribution is 5.92. The molecule has 4 heterocycles. The van der Waals surface area contributed by atoms with Gasteiger partial charge in [0.15, 0.2) is 5.82 Å². The molecule has 9 nitrogen and oxygen atoms in total. The van der Waals surface area contributed by atoms with E-state index >= 15 is 0 Å². The Hall–Kier alpha value is -3.59. The van der Waals surface area contributed by atoms with Crippen molar-refractivity contribution < 1.29 is 4.79 Å². The number of hydrogen-bond acceptors (Lipinski definition) is 8. The number of carbonyl (C=O) groups is 1. The van der Waals surface area contributed by atoms with E-state index in [0.717, 1.165) is 69.6 Å². The maximum absolute atomic E-state index is 13.0. The molecule has 3 aromatic rings. The maximum atomic E-state index is 13.0. The Morgan fingerprint density at radius 2 is 1.67 bits per heavy atom. The van der Waals surface area contributed by atoms with E-state index < -0.39 is 0 Å². The predicted molar refractivity (Wildman–Crippen MR) is 154 cm³/mol. The van der Waals surface area contributed by atoms with E-state index in [1.165, 1.54) is 16.7 Å². The fourth-order valence-electron chi connectivity index (χ4n) is 5.57. The summed E-state index contributed by atoms with van der Waals surface area (Å²) in [6.07, 6.45) is 4.17. The number of hydrogen-bond donors (Lipinski definition) is 0. The quantitative estimate of drug-likeness (QED) is 0.482. The fraction of sp³-hybridized carbons (Fsp3) is 0.500. The van der Waals surface area contributed by atoms with Crippen LogP contribution in [0.2, 0.25) is 0 Å². The average molecular weight is 529 g/mol. The molecule has 2 aromatic heterocycles. The fourth-order valence-corrected chi connectivity index (χ4v) is 5.57. The largest absolute Gasteiger partial charge is 0.351 e. The molecule has 1 amide bonds. The lowest BCUT2D eigenvalue weighted by Crippen LogP contribution is -2.53. The van der Waals surface area contributed by atoms with Crippen molar-refractivity contribution in [2.75, 3.05) is 55.6 Å². The summed E-state index contributed by atoms with van der Waals surface area (Å²) in [6, 6.07) is 11.1. The van der Waals surface area contributed by atoms with E-state index in [-0.39, 0.29) is 11.9 Å². The molecule has 0 aliphatic carbocycles. The molecule has 0 spiro atoms. The molecular formula is C30H40N8O. The van der Waals surface area contributed by atoms with Crippen LogP contribution in [0.3, 0.4) is 0 Å². The molecular weight excluding hydrogens is 488 g/mol. The molecule has 0 N–H and O–H groups in total. The molecule has 1 atom stereocenters. The highest BCUT2D eigenvalue weighted by Gasteiger charge is 2.29. The van der Waals surface area contributed by atoms with Crippen molar-refractivity contribution in [3.05, 3.63) is 70.8 Å². The Kier molecular flexibility index (Phi) is 8.07. The molecule has 39 heavy (non-hydrogen) atoms. The van der Waals surface area contributed by atoms with Crippen molar-refractivity contribution in [3.63, 3.8) is 0 Å². The zero-order valence-corrected chi connectivity index (χ0v) is 23.8. The topological polar surface area (TPSA) is 81.6 Å². The third-order valence-corrected chi connectivity index (χ3v) is 8.22. The second-order valence-electron chi connectivity index (χ2n) is 11.1. The smallest absolute Gasteiger partial charge is 0.274 e. The molecule has 2 saturated heterocycles. The predicted octanol–water partition coefficient (Wildman–Crippen LogP) is 3.36. The summed E-state index contributed by atoms with van der Waals surface area (Å²) in [7, 11) is 0. The summed E-state index contributed by atoms with van der Waals surface area (Å²) in [5.41, 5.74) is 5.08. The number of aromatic nitrogens is 4. The van der Waals surface area contributed by atoms with E-state index in [9.17, 15) is 4.79 Å². The van der Waals surface area contributed by atoms with Gasteiger partial charge in [-0.25, -0.2) is 9.97 Å². The van der Waals surface area contributed by atoms with Gasteiger partial charge in [-0.3, -0.25) is 9.69 Å². The summed E-state index contributed by atoms with van der Waals surface area (Å²) in [6.45, 7) is 16.6. The van der Waals surface area contributed by atoms with Gasteiger partial charge in [0.2, 0.25) is 0 Å². The van der Waals surface area contributed by atoms with Gasteiger partial charge in [-0.15, -0.1) is 5.10 Å². The van der Waals surface area contributed by atoms with Crippen molar-refractivity contribution in [3.8, 4) is 0 Å². The lowest BCUT2D eigenvalue weighted by atomic mass is 10.0. The zero-order chi connectivity index (χ0) is 27.5. The third-order valence-electron chi connectivity index (χ3n) is 8.22. The minimum absolute atomic E-state index is 0.0320. The Morgan fingerprint density at radius 1 is 0.923 bits per heavy atom. The Bertz CT molecular complexity index is 1270. The van der Waals surface area contributed by atoms with Gasteiger partial charge in [0.05, 0.1) is 18.1 Å². The van der Waals surface area contributed by atoms with E-state index in [1.54, 1.807) is 12.4 Å². The standard InChI is InChI=1S/C30H40N8O/c1-21(2)35-11-13-36(14-12-35)30(39)27-18-32-28(19-31-27)38-16-15-37(20-22(38)3)29-24(5)23(4)26(33-34-29)17-25-9-7-6-8-10-25/h6-10,18-19,21-22H,11-17,20H2,1-5H3. The van der Waals surface area contributed by atoms with Gasteiger partial charge in [-0.1, -0.05) is 30.3 Å². The van der Waals surface area contributed by atoms with Crippen LogP contribution in [-0.2, 0) is 6.42 Å². The first-order chi connectivity index (χ1) is 18.8. The third kappa shape index (κ3) is 5.88. The minimum Gasteiger partial charge on any atom is -0.351 e. The van der Waals surface area contributed by atoms with Gasteiger partial charge in [-0.05, 0) is 51.3 Å². The van der Waals surface area contributed by atoms with Crippen LogP contribution in [-0.4, -0.2) is 93.8 Å². The second kappa shape index (κ2) is 11.7. The lowest BCUT2D eigenvalue weighted by Gasteiger charge is -2.41. The van der Waals surface area contributed by atoms with Crippen LogP contribution >= 0.6 is 0 Å². The van der Waals surface area contributed by atoms with Crippen molar-refractivity contribution in [1.82, 2.24) is 30.0 Å². The van der Waals surface area contributed by atoms with Gasteiger partial charge < -0.3 is 14.7 Å². The first-order valence-electron chi connectivity index (χ1n) is 14.1. The van der Waals surface area contributed by atoms with Crippen molar-refractivity contribution in [2.24, 2.45) is 0 Å². The van der Waals surface area contributed by atoms with Crippen LogP contribution < -0.4 is 9.80 Å². The summed E-state index contributed by atoms with van der Waals surface area (Å²) in [5.74, 6) is 1.73. The normalized spacial score (nSPS) is 18.6. The molecule has 2 aliphatic heterocycles. The summed E-state index contributed by atoms with van der Waals surface area (Å²) < 4.78 is 0. The number of benzene rings is 1. The number of carbonyl (C=O) groups excluding carboxylic acids is 1. The van der Waals surface area contributed by atoms with E-state index in [1.807, 2.05) is 11.0 Å². The van der Waals surface area contributed by atoms with Gasteiger partial charge in [0.25, 0.3) is 5.91 Å². The van der Waals surface area contributed by atoms with Crippen LogP contribution in [0.25, 0.3) is 0 Å². The average Bonchev–Trinajstić information content (AvgIpc) is 2.96. The molecule has 5 rings (SSSR count). The number of piperazine rings is 2. The molecule has 2 aliphatic rings. The molecule has 0 bridgehead atoms. The maximum Gasteiger partial charge on any atom is 0.274 e. The Balaban J connectivity index is 1.21. The molecule has 206 valence electrons. The number of rotatable bonds is 6. The van der Waals surface area contributed by atoms with E-state index in [0.29, 0.717) is 11.7 Å².